The number of hydrogen-bond acceptors (Lipinski definition) is 3. The monoisotopic (exact) mass is 260 g/mol. The Morgan fingerprint density at radius 1 is 1.16 bits per heavy atom. The first-order valence-corrected chi connectivity index (χ1v) is 5.87. The molecule has 0 aromatic heterocycles. The van der Waals surface area contributed by atoms with E-state index < -0.39 is 12.7 Å². The fraction of sp³-hybridized carbons (Fsp3) is 0.143. The summed E-state index contributed by atoms with van der Waals surface area (Å²) < 4.78 is 18.4. The van der Waals surface area contributed by atoms with Crippen molar-refractivity contribution in [2.75, 3.05) is 7.11 Å². The molecule has 0 fully saturated rings. The van der Waals surface area contributed by atoms with Gasteiger partial charge in [0.25, 0.3) is 0 Å². The van der Waals surface area contributed by atoms with E-state index in [1.807, 2.05) is 0 Å². The Morgan fingerprint density at radius 2 is 1.84 bits per heavy atom. The second-order valence-corrected chi connectivity index (χ2v) is 4.19. The highest BCUT2D eigenvalue weighted by molar-refractivity contribution is 6.79. The first-order valence-electron chi connectivity index (χ1n) is 5.87. The molecule has 2 N–H and O–H groups in total. The lowest BCUT2D eigenvalue weighted by Crippen LogP contribution is -2.43. The van der Waals surface area contributed by atoms with Crippen molar-refractivity contribution in [3.8, 4) is 5.75 Å². The molecule has 0 unspecified atom stereocenters. The molecule has 0 spiro atoms. The fourth-order valence-electron chi connectivity index (χ4n) is 1.90. The Hall–Kier alpha value is -1.85. The van der Waals surface area contributed by atoms with Crippen molar-refractivity contribution < 1.29 is 19.3 Å². The molecule has 0 radical (unpaired) electrons. The van der Waals surface area contributed by atoms with Gasteiger partial charge in [-0.3, -0.25) is 0 Å². The number of hydrogen-bond donors (Lipinski definition) is 2. The van der Waals surface area contributed by atoms with Crippen molar-refractivity contribution in [1.82, 2.24) is 0 Å². The van der Waals surface area contributed by atoms with E-state index in [2.05, 4.69) is 0 Å². The third kappa shape index (κ3) is 2.94. The van der Waals surface area contributed by atoms with Crippen LogP contribution in [0.25, 0.3) is 0 Å². The molecule has 2 aromatic carbocycles. The highest BCUT2D eigenvalue weighted by atomic mass is 19.1. The van der Waals surface area contributed by atoms with E-state index in [0.717, 1.165) is 5.56 Å². The summed E-state index contributed by atoms with van der Waals surface area (Å²) in [7, 11) is 1.47. The zero-order chi connectivity index (χ0) is 13.8. The van der Waals surface area contributed by atoms with Crippen LogP contribution in [0.1, 0.15) is 5.56 Å². The molecule has 0 bridgehead atoms. The molecule has 0 amide bonds. The Balaban J connectivity index is 2.36. The maximum atomic E-state index is 13.3. The van der Waals surface area contributed by atoms with Gasteiger partial charge in [0, 0.05) is 5.46 Å². The minimum absolute atomic E-state index is 0.0559. The van der Waals surface area contributed by atoms with Crippen molar-refractivity contribution in [3.63, 3.8) is 0 Å². The van der Waals surface area contributed by atoms with Crippen LogP contribution in [0, 0.1) is 5.82 Å². The van der Waals surface area contributed by atoms with Crippen LogP contribution in [0.4, 0.5) is 4.39 Å². The van der Waals surface area contributed by atoms with Gasteiger partial charge in [0.15, 0.2) is 0 Å². The molecule has 0 saturated heterocycles. The van der Waals surface area contributed by atoms with Gasteiger partial charge in [-0.1, -0.05) is 24.3 Å². The van der Waals surface area contributed by atoms with E-state index in [0.29, 0.717) is 16.7 Å². The molecule has 0 atom stereocenters. The zero-order valence-corrected chi connectivity index (χ0v) is 10.5. The highest BCUT2D eigenvalue weighted by Gasteiger charge is 2.21. The molecule has 19 heavy (non-hydrogen) atoms. The number of aliphatic hydroxyl groups is 1. The average molecular weight is 260 g/mol. The van der Waals surface area contributed by atoms with E-state index in [9.17, 15) is 9.41 Å². The third-order valence-electron chi connectivity index (χ3n) is 2.96. The van der Waals surface area contributed by atoms with Crippen molar-refractivity contribution in [2.45, 2.75) is 6.61 Å². The SMILES string of the molecule is COc1ccc(F)cc1B(O)c1ccc(CO)cc1. The van der Waals surface area contributed by atoms with Gasteiger partial charge < -0.3 is 14.9 Å². The summed E-state index contributed by atoms with van der Waals surface area (Å²) >= 11 is 0. The van der Waals surface area contributed by atoms with Crippen LogP contribution in [-0.2, 0) is 6.61 Å². The predicted octanol–water partition coefficient (Wildman–Crippen LogP) is 0.425. The standard InChI is InChI=1S/C14H14BFO3/c1-19-14-7-6-12(16)8-13(14)15(18)11-4-2-10(9-17)3-5-11/h2-8,17-18H,9H2,1H3. The summed E-state index contributed by atoms with van der Waals surface area (Å²) in [6.07, 6.45) is 0. The van der Waals surface area contributed by atoms with Gasteiger partial charge in [-0.15, -0.1) is 0 Å². The van der Waals surface area contributed by atoms with Crippen LogP contribution >= 0.6 is 0 Å². The Labute approximate surface area is 111 Å². The summed E-state index contributed by atoms with van der Waals surface area (Å²) in [5.74, 6) is 0.00182. The normalized spacial score (nSPS) is 10.3. The van der Waals surface area contributed by atoms with Crippen LogP contribution in [0.15, 0.2) is 42.5 Å². The smallest absolute Gasteiger partial charge is 0.362 e. The van der Waals surface area contributed by atoms with Crippen molar-refractivity contribution in [1.29, 1.82) is 0 Å². The molecule has 98 valence electrons. The van der Waals surface area contributed by atoms with Gasteiger partial charge in [0.1, 0.15) is 11.6 Å². The summed E-state index contributed by atoms with van der Waals surface area (Å²) in [5.41, 5.74) is 1.74. The first kappa shape index (κ1) is 13.6. The number of methoxy groups -OCH3 is 1. The van der Waals surface area contributed by atoms with Gasteiger partial charge in [0.05, 0.1) is 13.7 Å². The van der Waals surface area contributed by atoms with Crippen LogP contribution in [0.2, 0.25) is 0 Å². The van der Waals surface area contributed by atoms with Crippen molar-refractivity contribution in [3.05, 3.63) is 53.8 Å². The van der Waals surface area contributed by atoms with Crippen LogP contribution in [0.5, 0.6) is 5.75 Å². The van der Waals surface area contributed by atoms with Crippen LogP contribution < -0.4 is 15.7 Å². The van der Waals surface area contributed by atoms with Gasteiger partial charge in [0.2, 0.25) is 0 Å². The third-order valence-corrected chi connectivity index (χ3v) is 2.96. The van der Waals surface area contributed by atoms with E-state index in [1.54, 1.807) is 24.3 Å². The van der Waals surface area contributed by atoms with Crippen molar-refractivity contribution in [2.24, 2.45) is 0 Å². The maximum absolute atomic E-state index is 13.3. The Morgan fingerprint density at radius 3 is 2.42 bits per heavy atom. The van der Waals surface area contributed by atoms with E-state index in [-0.39, 0.29) is 6.61 Å². The van der Waals surface area contributed by atoms with Crippen molar-refractivity contribution >= 4 is 17.8 Å². The first-order chi connectivity index (χ1) is 9.15. The zero-order valence-electron chi connectivity index (χ0n) is 10.5. The summed E-state index contributed by atoms with van der Waals surface area (Å²) in [6.45, 7) is -1.03. The molecule has 2 aromatic rings. The molecular weight excluding hydrogens is 246 g/mol. The molecule has 0 aliphatic heterocycles. The molecule has 0 aliphatic rings. The lowest BCUT2D eigenvalue weighted by atomic mass is 9.55. The second kappa shape index (κ2) is 5.86. The second-order valence-electron chi connectivity index (χ2n) is 4.19. The summed E-state index contributed by atoms with van der Waals surface area (Å²) in [5, 5.41) is 19.3. The number of rotatable bonds is 4. The van der Waals surface area contributed by atoms with E-state index in [1.165, 1.54) is 25.3 Å². The van der Waals surface area contributed by atoms with Gasteiger partial charge in [-0.25, -0.2) is 4.39 Å². The number of ether oxygens (including phenoxy) is 1. The number of halogens is 1. The maximum Gasteiger partial charge on any atom is 0.362 e. The average Bonchev–Trinajstić information content (AvgIpc) is 2.46. The molecule has 3 nitrogen and oxygen atoms in total. The van der Waals surface area contributed by atoms with Gasteiger partial charge in [-0.05, 0) is 29.2 Å². The lowest BCUT2D eigenvalue weighted by molar-refractivity contribution is 0.282. The predicted molar refractivity (Wildman–Crippen MR) is 72.6 cm³/mol. The Kier molecular flexibility index (Phi) is 4.19. The van der Waals surface area contributed by atoms with Crippen LogP contribution in [0.3, 0.4) is 0 Å². The number of aliphatic hydroxyl groups excluding tert-OH is 1. The molecule has 5 heteroatoms. The minimum atomic E-state index is -0.974. The lowest BCUT2D eigenvalue weighted by Gasteiger charge is -2.12. The summed E-state index contributed by atoms with van der Waals surface area (Å²) in [4.78, 5) is 0. The van der Waals surface area contributed by atoms with E-state index >= 15 is 0 Å². The van der Waals surface area contributed by atoms with E-state index in [4.69, 9.17) is 9.84 Å². The molecule has 2 rings (SSSR count). The molecule has 0 saturated carbocycles. The molecule has 0 heterocycles. The van der Waals surface area contributed by atoms with Gasteiger partial charge in [-0.2, -0.15) is 0 Å². The minimum Gasteiger partial charge on any atom is -0.497 e. The van der Waals surface area contributed by atoms with Crippen LogP contribution in [-0.4, -0.2) is 24.2 Å². The Bertz CT molecular complexity index is 557. The van der Waals surface area contributed by atoms with Gasteiger partial charge >= 0.3 is 6.92 Å². The molecular formula is C14H14BFO3. The largest absolute Gasteiger partial charge is 0.497 e. The quantitative estimate of drug-likeness (QED) is 0.783. The fourth-order valence-corrected chi connectivity index (χ4v) is 1.90. The molecule has 0 aliphatic carbocycles. The summed E-state index contributed by atoms with van der Waals surface area (Å²) in [6, 6.07) is 10.8. The highest BCUT2D eigenvalue weighted by Crippen LogP contribution is 2.09. The topological polar surface area (TPSA) is 49.7 Å². The number of benzene rings is 2.